The fraction of sp³-hybridized carbons (Fsp3) is 0.692. The Bertz CT molecular complexity index is 859. The highest BCUT2D eigenvalue weighted by atomic mass is 16.6. The van der Waals surface area contributed by atoms with E-state index in [4.69, 9.17) is 4.74 Å². The van der Waals surface area contributed by atoms with Crippen molar-refractivity contribution in [3.8, 4) is 0 Å². The quantitative estimate of drug-likeness (QED) is 0.747. The van der Waals surface area contributed by atoms with Gasteiger partial charge in [0.05, 0.1) is 6.42 Å². The zero-order valence-electron chi connectivity index (χ0n) is 18.2. The van der Waals surface area contributed by atoms with E-state index in [1.54, 1.807) is 0 Å². The van der Waals surface area contributed by atoms with Gasteiger partial charge in [-0.1, -0.05) is 24.3 Å². The maximum Gasteiger partial charge on any atom is 0.410 e. The highest BCUT2D eigenvalue weighted by molar-refractivity contribution is 5.69. The molecular formula is C26H33NO4. The van der Waals surface area contributed by atoms with E-state index in [-0.39, 0.29) is 30.0 Å². The lowest BCUT2D eigenvalue weighted by atomic mass is 9.55. The molecule has 0 unspecified atom stereocenters. The fourth-order valence-corrected chi connectivity index (χ4v) is 8.27. The second-order valence-electron chi connectivity index (χ2n) is 11.1. The van der Waals surface area contributed by atoms with Gasteiger partial charge in [0.2, 0.25) is 0 Å². The molecule has 5 fully saturated rings. The summed E-state index contributed by atoms with van der Waals surface area (Å²) in [6.07, 6.45) is 9.36. The van der Waals surface area contributed by atoms with Gasteiger partial charge >= 0.3 is 12.1 Å². The predicted octanol–water partition coefficient (Wildman–Crippen LogP) is 4.94. The first-order valence-electron chi connectivity index (χ1n) is 12.3. The van der Waals surface area contributed by atoms with E-state index >= 15 is 0 Å². The first-order valence-corrected chi connectivity index (χ1v) is 12.3. The average molecular weight is 424 g/mol. The number of carboxylic acids is 1. The van der Waals surface area contributed by atoms with Crippen molar-refractivity contribution in [2.24, 2.45) is 23.7 Å². The minimum Gasteiger partial charge on any atom is -0.481 e. The summed E-state index contributed by atoms with van der Waals surface area (Å²) in [5.74, 6) is 2.31. The van der Waals surface area contributed by atoms with Crippen LogP contribution in [0.3, 0.4) is 0 Å². The number of hydrogen-bond acceptors (Lipinski definition) is 3. The predicted molar refractivity (Wildman–Crippen MR) is 116 cm³/mol. The molecule has 5 aliphatic carbocycles. The van der Waals surface area contributed by atoms with Gasteiger partial charge < -0.3 is 14.7 Å². The van der Waals surface area contributed by atoms with Crippen molar-refractivity contribution >= 4 is 12.1 Å². The Kier molecular flexibility index (Phi) is 4.59. The van der Waals surface area contributed by atoms with Crippen molar-refractivity contribution in [3.05, 3.63) is 35.4 Å². The Morgan fingerprint density at radius 2 is 1.65 bits per heavy atom. The Labute approximate surface area is 184 Å². The number of ether oxygens (including phenoxy) is 1. The van der Waals surface area contributed by atoms with Gasteiger partial charge in [-0.3, -0.25) is 4.79 Å². The third kappa shape index (κ3) is 3.27. The van der Waals surface area contributed by atoms with Crippen LogP contribution < -0.4 is 0 Å². The highest BCUT2D eigenvalue weighted by Gasteiger charge is 2.51. The maximum atomic E-state index is 13.1. The zero-order valence-corrected chi connectivity index (χ0v) is 18.2. The van der Waals surface area contributed by atoms with Crippen LogP contribution >= 0.6 is 0 Å². The van der Waals surface area contributed by atoms with E-state index in [9.17, 15) is 14.7 Å². The van der Waals surface area contributed by atoms with Gasteiger partial charge in [-0.15, -0.1) is 0 Å². The lowest BCUT2D eigenvalue weighted by molar-refractivity contribution is -0.137. The van der Waals surface area contributed by atoms with Crippen molar-refractivity contribution in [1.29, 1.82) is 0 Å². The molecule has 7 rings (SSSR count). The summed E-state index contributed by atoms with van der Waals surface area (Å²) in [6, 6.07) is 8.37. The molecule has 1 N–H and O–H groups in total. The molecule has 1 spiro atoms. The van der Waals surface area contributed by atoms with E-state index in [2.05, 4.69) is 18.2 Å². The molecule has 1 aromatic carbocycles. The van der Waals surface area contributed by atoms with Crippen molar-refractivity contribution in [3.63, 3.8) is 0 Å². The van der Waals surface area contributed by atoms with E-state index in [1.165, 1.54) is 43.2 Å². The number of amides is 1. The summed E-state index contributed by atoms with van der Waals surface area (Å²) in [7, 11) is 0. The normalized spacial score (nSPS) is 37.1. The minimum absolute atomic E-state index is 0.0100. The van der Waals surface area contributed by atoms with Crippen LogP contribution in [0.5, 0.6) is 0 Å². The number of likely N-dealkylation sites (tertiary alicyclic amines) is 1. The standard InChI is InChI=1S/C26H33NO4/c28-23(29)14-20-15-26(22-4-2-1-3-21(20)22)5-7-27(8-6-26)25(30)31-24-18-10-16-9-17(12-18)13-19(24)11-16/h1-4,16-20,24H,5-15H2,(H,28,29)/t16?,17?,18?,19?,20-,24?/m0/s1. The molecule has 0 radical (unpaired) electrons. The lowest BCUT2D eigenvalue weighted by Gasteiger charge is -2.53. The third-order valence-corrected chi connectivity index (χ3v) is 9.39. The van der Waals surface area contributed by atoms with E-state index < -0.39 is 5.97 Å². The van der Waals surface area contributed by atoms with Crippen molar-refractivity contribution in [1.82, 2.24) is 4.90 Å². The van der Waals surface area contributed by atoms with Crippen LogP contribution in [0.25, 0.3) is 0 Å². The maximum absolute atomic E-state index is 13.1. The van der Waals surface area contributed by atoms with Crippen LogP contribution in [-0.4, -0.2) is 41.3 Å². The van der Waals surface area contributed by atoms with Crippen LogP contribution in [0, 0.1) is 23.7 Å². The van der Waals surface area contributed by atoms with Crippen molar-refractivity contribution in [2.75, 3.05) is 13.1 Å². The number of fused-ring (bicyclic) bond motifs is 2. The Hall–Kier alpha value is -2.04. The topological polar surface area (TPSA) is 66.8 Å². The average Bonchev–Trinajstić information content (AvgIpc) is 3.03. The second kappa shape index (κ2) is 7.25. The number of rotatable bonds is 3. The molecule has 1 aromatic rings. The molecule has 1 atom stereocenters. The van der Waals surface area contributed by atoms with Gasteiger partial charge in [-0.25, -0.2) is 4.79 Å². The SMILES string of the molecule is O=C(O)C[C@H]1CC2(CCN(C(=O)OC3C4CC5CC(C4)CC3C5)CC2)c2ccccc21. The van der Waals surface area contributed by atoms with Crippen LogP contribution in [0.1, 0.15) is 74.8 Å². The summed E-state index contributed by atoms with van der Waals surface area (Å²) in [5.41, 5.74) is 2.53. The van der Waals surface area contributed by atoms with Crippen molar-refractivity contribution in [2.45, 2.75) is 75.2 Å². The number of nitrogens with zero attached hydrogens (tertiary/aromatic N) is 1. The number of aliphatic carboxylic acids is 1. The molecule has 31 heavy (non-hydrogen) atoms. The number of hydrogen-bond donors (Lipinski definition) is 1. The molecule has 1 aliphatic heterocycles. The van der Waals surface area contributed by atoms with Gasteiger partial charge in [0.15, 0.2) is 0 Å². The van der Waals surface area contributed by atoms with Gasteiger partial charge in [0.1, 0.15) is 6.10 Å². The Balaban J connectivity index is 1.12. The highest BCUT2D eigenvalue weighted by Crippen LogP contribution is 2.55. The molecule has 5 heteroatoms. The van der Waals surface area contributed by atoms with E-state index in [1.807, 2.05) is 11.0 Å². The smallest absolute Gasteiger partial charge is 0.410 e. The molecule has 5 nitrogen and oxygen atoms in total. The molecule has 4 bridgehead atoms. The van der Waals surface area contributed by atoms with Gasteiger partial charge in [-0.2, -0.15) is 0 Å². The summed E-state index contributed by atoms with van der Waals surface area (Å²) in [4.78, 5) is 26.4. The molecule has 1 heterocycles. The monoisotopic (exact) mass is 423 g/mol. The molecule has 4 saturated carbocycles. The van der Waals surface area contributed by atoms with Crippen LogP contribution in [0.2, 0.25) is 0 Å². The van der Waals surface area contributed by atoms with E-state index in [0.29, 0.717) is 24.9 Å². The summed E-state index contributed by atoms with van der Waals surface area (Å²) in [6.45, 7) is 1.42. The third-order valence-electron chi connectivity index (χ3n) is 9.39. The number of piperidine rings is 1. The first kappa shape index (κ1) is 19.6. The summed E-state index contributed by atoms with van der Waals surface area (Å²) in [5, 5.41) is 9.37. The molecule has 0 aromatic heterocycles. The van der Waals surface area contributed by atoms with Crippen LogP contribution in [0.15, 0.2) is 24.3 Å². The van der Waals surface area contributed by atoms with Crippen LogP contribution in [-0.2, 0) is 14.9 Å². The van der Waals surface area contributed by atoms with Crippen LogP contribution in [0.4, 0.5) is 4.79 Å². The Morgan fingerprint density at radius 1 is 1.00 bits per heavy atom. The zero-order chi connectivity index (χ0) is 21.2. The number of carbonyl (C=O) groups is 2. The fourth-order valence-electron chi connectivity index (χ4n) is 8.27. The molecule has 1 saturated heterocycles. The van der Waals surface area contributed by atoms with Crippen molar-refractivity contribution < 1.29 is 19.4 Å². The molecular weight excluding hydrogens is 390 g/mol. The largest absolute Gasteiger partial charge is 0.481 e. The Morgan fingerprint density at radius 3 is 2.29 bits per heavy atom. The minimum atomic E-state index is -0.728. The summed E-state index contributed by atoms with van der Waals surface area (Å²) < 4.78 is 6.17. The van der Waals surface area contributed by atoms with Gasteiger partial charge in [-0.05, 0) is 97.5 Å². The van der Waals surface area contributed by atoms with Gasteiger partial charge in [0, 0.05) is 13.1 Å². The molecule has 1 amide bonds. The number of carbonyl (C=O) groups excluding carboxylic acids is 1. The molecule has 6 aliphatic rings. The second-order valence-corrected chi connectivity index (χ2v) is 11.1. The lowest BCUT2D eigenvalue weighted by Crippen LogP contribution is -2.52. The summed E-state index contributed by atoms with van der Waals surface area (Å²) >= 11 is 0. The number of benzene rings is 1. The van der Waals surface area contributed by atoms with Gasteiger partial charge in [0.25, 0.3) is 0 Å². The van der Waals surface area contributed by atoms with E-state index in [0.717, 1.165) is 31.1 Å². The number of carboxylic acid groups (broad SMARTS) is 1. The molecule has 166 valence electrons. The first-order chi connectivity index (χ1) is 15.0.